The summed E-state index contributed by atoms with van der Waals surface area (Å²) in [6.45, 7) is 4.83. The summed E-state index contributed by atoms with van der Waals surface area (Å²) >= 11 is 0. The first-order valence-corrected chi connectivity index (χ1v) is 7.84. The number of hydrogen-bond donors (Lipinski definition) is 3. The molecule has 2 aromatic rings. The molecule has 2 heterocycles. The highest BCUT2D eigenvalue weighted by molar-refractivity contribution is 5.93. The highest BCUT2D eigenvalue weighted by atomic mass is 35.5. The molecule has 6 heteroatoms. The molecule has 1 aliphatic heterocycles. The lowest BCUT2D eigenvalue weighted by Gasteiger charge is -2.22. The van der Waals surface area contributed by atoms with E-state index in [0.29, 0.717) is 18.2 Å². The molecule has 5 nitrogen and oxygen atoms in total. The molecule has 1 atom stereocenters. The Morgan fingerprint density at radius 2 is 2.13 bits per heavy atom. The summed E-state index contributed by atoms with van der Waals surface area (Å²) in [4.78, 5) is 12.2. The molecule has 3 N–H and O–H groups in total. The number of carbonyl (C=O) groups excluding carboxylic acids is 1. The molecule has 0 radical (unpaired) electrons. The number of hydrogen-bond acceptors (Lipinski definition) is 3. The van der Waals surface area contributed by atoms with Crippen molar-refractivity contribution in [3.05, 3.63) is 41.6 Å². The average molecular weight is 335 g/mol. The van der Waals surface area contributed by atoms with E-state index in [-0.39, 0.29) is 18.3 Å². The summed E-state index contributed by atoms with van der Waals surface area (Å²) in [5.74, 6) is 0.439. The Bertz CT molecular complexity index is 632. The molecular weight excluding hydrogens is 312 g/mol. The lowest BCUT2D eigenvalue weighted by atomic mass is 10.00. The molecular formula is C17H23ClN4O. The molecule has 124 valence electrons. The fraction of sp³-hybridized carbons (Fsp3) is 0.412. The number of carbonyl (C=O) groups is 1. The minimum absolute atomic E-state index is 0. The van der Waals surface area contributed by atoms with Gasteiger partial charge in [0.05, 0.1) is 5.69 Å². The predicted octanol–water partition coefficient (Wildman–Crippen LogP) is 2.54. The van der Waals surface area contributed by atoms with E-state index in [9.17, 15) is 4.79 Å². The molecule has 0 aliphatic carbocycles. The van der Waals surface area contributed by atoms with E-state index in [1.165, 1.54) is 18.4 Å². The van der Waals surface area contributed by atoms with Crippen LogP contribution in [-0.4, -0.2) is 35.7 Å². The van der Waals surface area contributed by atoms with Crippen molar-refractivity contribution in [3.63, 3.8) is 0 Å². The first-order chi connectivity index (χ1) is 10.7. The van der Waals surface area contributed by atoms with Gasteiger partial charge in [-0.3, -0.25) is 9.89 Å². The predicted molar refractivity (Wildman–Crippen MR) is 93.9 cm³/mol. The molecule has 1 saturated heterocycles. The third-order valence-electron chi connectivity index (χ3n) is 4.12. The Labute approximate surface area is 142 Å². The van der Waals surface area contributed by atoms with Gasteiger partial charge in [-0.05, 0) is 44.8 Å². The van der Waals surface area contributed by atoms with E-state index in [1.54, 1.807) is 6.07 Å². The van der Waals surface area contributed by atoms with E-state index in [2.05, 4.69) is 20.8 Å². The van der Waals surface area contributed by atoms with Crippen molar-refractivity contribution in [1.82, 2.24) is 20.8 Å². The van der Waals surface area contributed by atoms with Gasteiger partial charge in [-0.25, -0.2) is 0 Å². The van der Waals surface area contributed by atoms with Gasteiger partial charge in [0.2, 0.25) is 0 Å². The zero-order valence-corrected chi connectivity index (χ0v) is 14.1. The van der Waals surface area contributed by atoms with Crippen LogP contribution in [0.4, 0.5) is 0 Å². The molecule has 23 heavy (non-hydrogen) atoms. The van der Waals surface area contributed by atoms with Gasteiger partial charge < -0.3 is 10.6 Å². The highest BCUT2D eigenvalue weighted by Crippen LogP contribution is 2.18. The Balaban J connectivity index is 0.00000192. The summed E-state index contributed by atoms with van der Waals surface area (Å²) in [5, 5.41) is 13.4. The van der Waals surface area contributed by atoms with Crippen molar-refractivity contribution in [1.29, 1.82) is 0 Å². The van der Waals surface area contributed by atoms with Gasteiger partial charge in [-0.15, -0.1) is 12.4 Å². The summed E-state index contributed by atoms with van der Waals surface area (Å²) in [7, 11) is 0. The smallest absolute Gasteiger partial charge is 0.269 e. The zero-order chi connectivity index (χ0) is 15.4. The Hall–Kier alpha value is -1.85. The number of aromatic nitrogens is 2. The average Bonchev–Trinajstić information content (AvgIpc) is 3.04. The normalized spacial score (nSPS) is 17.3. The van der Waals surface area contributed by atoms with Crippen LogP contribution in [0.2, 0.25) is 0 Å². The van der Waals surface area contributed by atoms with Gasteiger partial charge in [-0.1, -0.05) is 29.8 Å². The molecule has 1 aromatic heterocycles. The van der Waals surface area contributed by atoms with Crippen molar-refractivity contribution < 1.29 is 4.79 Å². The number of halogens is 1. The van der Waals surface area contributed by atoms with Gasteiger partial charge >= 0.3 is 0 Å². The number of piperidine rings is 1. The van der Waals surface area contributed by atoms with Crippen LogP contribution in [0.15, 0.2) is 30.3 Å². The molecule has 1 fully saturated rings. The SMILES string of the molecule is Cc1ccc(-c2cc(C(=O)NCC3CCCNC3)[nH]n2)cc1.Cl. The highest BCUT2D eigenvalue weighted by Gasteiger charge is 2.16. The number of aromatic amines is 1. The monoisotopic (exact) mass is 334 g/mol. The number of rotatable bonds is 4. The molecule has 1 aromatic carbocycles. The molecule has 0 bridgehead atoms. The topological polar surface area (TPSA) is 69.8 Å². The van der Waals surface area contributed by atoms with Crippen LogP contribution < -0.4 is 10.6 Å². The van der Waals surface area contributed by atoms with Crippen molar-refractivity contribution in [2.75, 3.05) is 19.6 Å². The number of H-pyrrole nitrogens is 1. The lowest BCUT2D eigenvalue weighted by molar-refractivity contribution is 0.0940. The second kappa shape index (κ2) is 8.13. The maximum atomic E-state index is 12.2. The van der Waals surface area contributed by atoms with E-state index >= 15 is 0 Å². The Morgan fingerprint density at radius 3 is 2.83 bits per heavy atom. The molecule has 0 spiro atoms. The summed E-state index contributed by atoms with van der Waals surface area (Å²) in [6.07, 6.45) is 2.35. The number of aryl methyl sites for hydroxylation is 1. The van der Waals surface area contributed by atoms with Crippen LogP contribution in [-0.2, 0) is 0 Å². The summed E-state index contributed by atoms with van der Waals surface area (Å²) in [5.41, 5.74) is 3.53. The van der Waals surface area contributed by atoms with Crippen LogP contribution in [0, 0.1) is 12.8 Å². The number of benzene rings is 1. The Morgan fingerprint density at radius 1 is 1.35 bits per heavy atom. The number of nitrogens with zero attached hydrogens (tertiary/aromatic N) is 1. The summed E-state index contributed by atoms with van der Waals surface area (Å²) < 4.78 is 0. The maximum absolute atomic E-state index is 12.2. The molecule has 1 aliphatic rings. The second-order valence-corrected chi connectivity index (χ2v) is 5.96. The van der Waals surface area contributed by atoms with E-state index in [0.717, 1.165) is 24.3 Å². The van der Waals surface area contributed by atoms with Gasteiger partial charge in [0.1, 0.15) is 5.69 Å². The standard InChI is InChI=1S/C17H22N4O.ClH/c1-12-4-6-14(7-5-12)15-9-16(21-20-15)17(22)19-11-13-3-2-8-18-10-13;/h4-7,9,13,18H,2-3,8,10-11H2,1H3,(H,19,22)(H,20,21);1H. The quantitative estimate of drug-likeness (QED) is 0.804. The zero-order valence-electron chi connectivity index (χ0n) is 13.3. The molecule has 0 saturated carbocycles. The van der Waals surface area contributed by atoms with E-state index < -0.39 is 0 Å². The fourth-order valence-electron chi connectivity index (χ4n) is 2.74. The Kier molecular flexibility index (Phi) is 6.19. The van der Waals surface area contributed by atoms with Gasteiger partial charge in [0, 0.05) is 12.1 Å². The van der Waals surface area contributed by atoms with Crippen molar-refractivity contribution in [2.45, 2.75) is 19.8 Å². The minimum atomic E-state index is -0.0866. The van der Waals surface area contributed by atoms with Crippen LogP contribution >= 0.6 is 12.4 Å². The van der Waals surface area contributed by atoms with E-state index in [4.69, 9.17) is 0 Å². The van der Waals surface area contributed by atoms with Gasteiger partial charge in [0.25, 0.3) is 5.91 Å². The minimum Gasteiger partial charge on any atom is -0.350 e. The van der Waals surface area contributed by atoms with Crippen LogP contribution in [0.25, 0.3) is 11.3 Å². The van der Waals surface area contributed by atoms with Gasteiger partial charge in [-0.2, -0.15) is 5.10 Å². The molecule has 1 unspecified atom stereocenters. The number of amides is 1. The van der Waals surface area contributed by atoms with Crippen molar-refractivity contribution in [2.24, 2.45) is 5.92 Å². The maximum Gasteiger partial charge on any atom is 0.269 e. The second-order valence-electron chi connectivity index (χ2n) is 5.96. The van der Waals surface area contributed by atoms with Crippen LogP contribution in [0.5, 0.6) is 0 Å². The first-order valence-electron chi connectivity index (χ1n) is 7.84. The molecule has 3 rings (SSSR count). The van der Waals surface area contributed by atoms with Gasteiger partial charge in [0.15, 0.2) is 0 Å². The van der Waals surface area contributed by atoms with Crippen molar-refractivity contribution in [3.8, 4) is 11.3 Å². The third kappa shape index (κ3) is 4.56. The first kappa shape index (κ1) is 17.5. The fourth-order valence-corrected chi connectivity index (χ4v) is 2.74. The largest absolute Gasteiger partial charge is 0.350 e. The lowest BCUT2D eigenvalue weighted by Crippen LogP contribution is -2.38. The number of nitrogens with one attached hydrogen (secondary N) is 3. The van der Waals surface area contributed by atoms with Crippen molar-refractivity contribution >= 4 is 18.3 Å². The van der Waals surface area contributed by atoms with Crippen LogP contribution in [0.3, 0.4) is 0 Å². The summed E-state index contributed by atoms with van der Waals surface area (Å²) in [6, 6.07) is 9.92. The van der Waals surface area contributed by atoms with E-state index in [1.807, 2.05) is 31.2 Å². The molecule has 1 amide bonds. The third-order valence-corrected chi connectivity index (χ3v) is 4.12. The van der Waals surface area contributed by atoms with Crippen LogP contribution in [0.1, 0.15) is 28.9 Å².